The van der Waals surface area contributed by atoms with Crippen LogP contribution in [0.25, 0.3) is 0 Å². The number of rotatable bonds is 5. The number of para-hydroxylation sites is 2. The second-order valence-electron chi connectivity index (χ2n) is 5.47. The van der Waals surface area contributed by atoms with Gasteiger partial charge in [0.05, 0.1) is 5.69 Å². The minimum absolute atomic E-state index is 0.0227. The summed E-state index contributed by atoms with van der Waals surface area (Å²) in [7, 11) is 0. The number of hydrogen-bond donors (Lipinski definition) is 0. The number of aliphatic imine (C=N–C) groups is 1. The fraction of sp³-hybridized carbons (Fsp3) is 0.263. The Morgan fingerprint density at radius 1 is 1.17 bits per heavy atom. The van der Waals surface area contributed by atoms with Crippen LogP contribution in [0.15, 0.2) is 65.7 Å². The van der Waals surface area contributed by atoms with Gasteiger partial charge in [0.25, 0.3) is 5.91 Å². The number of amidine groups is 1. The average molecular weight is 340 g/mol. The van der Waals surface area contributed by atoms with Crippen LogP contribution in [0.3, 0.4) is 0 Å². The maximum Gasteiger partial charge on any atom is 0.266 e. The second kappa shape index (κ2) is 8.02. The third kappa shape index (κ3) is 3.97. The summed E-state index contributed by atoms with van der Waals surface area (Å²) in [6, 6.07) is 19.3. The van der Waals surface area contributed by atoms with Gasteiger partial charge in [-0.25, -0.2) is 4.99 Å². The van der Waals surface area contributed by atoms with Gasteiger partial charge in [0, 0.05) is 11.8 Å². The summed E-state index contributed by atoms with van der Waals surface area (Å²) in [5, 5.41) is 0.759. The number of nitrogens with zero attached hydrogens (tertiary/aromatic N) is 2. The zero-order chi connectivity index (χ0) is 16.8. The lowest BCUT2D eigenvalue weighted by atomic mass is 10.2. The lowest BCUT2D eigenvalue weighted by Gasteiger charge is -2.23. The van der Waals surface area contributed by atoms with Crippen molar-refractivity contribution in [2.75, 3.05) is 12.4 Å². The molecule has 1 aliphatic rings. The summed E-state index contributed by atoms with van der Waals surface area (Å²) in [5.74, 6) is 1.52. The minimum Gasteiger partial charge on any atom is -0.484 e. The number of carbonyl (C=O) groups is 1. The summed E-state index contributed by atoms with van der Waals surface area (Å²) in [4.78, 5) is 19.1. The van der Waals surface area contributed by atoms with Gasteiger partial charge in [-0.15, -0.1) is 0 Å². The summed E-state index contributed by atoms with van der Waals surface area (Å²) in [6.07, 6.45) is 0.901. The maximum absolute atomic E-state index is 12.7. The predicted molar refractivity (Wildman–Crippen MR) is 98.9 cm³/mol. The van der Waals surface area contributed by atoms with Crippen LogP contribution in [0, 0.1) is 0 Å². The van der Waals surface area contributed by atoms with E-state index in [-0.39, 0.29) is 18.6 Å². The van der Waals surface area contributed by atoms with E-state index >= 15 is 0 Å². The van der Waals surface area contributed by atoms with Gasteiger partial charge in [-0.3, -0.25) is 9.69 Å². The normalized spacial score (nSPS) is 18.8. The van der Waals surface area contributed by atoms with E-state index in [9.17, 15) is 4.79 Å². The smallest absolute Gasteiger partial charge is 0.266 e. The number of amides is 1. The van der Waals surface area contributed by atoms with Crippen LogP contribution in [0.2, 0.25) is 0 Å². The molecule has 1 aliphatic heterocycles. The number of thioether (sulfide) groups is 1. The Labute approximate surface area is 146 Å². The maximum atomic E-state index is 12.7. The zero-order valence-corrected chi connectivity index (χ0v) is 14.4. The van der Waals surface area contributed by atoms with E-state index in [1.54, 1.807) is 16.7 Å². The van der Waals surface area contributed by atoms with Crippen LogP contribution in [-0.2, 0) is 4.79 Å². The Morgan fingerprint density at radius 3 is 2.50 bits per heavy atom. The molecular weight excluding hydrogens is 320 g/mol. The van der Waals surface area contributed by atoms with Crippen molar-refractivity contribution in [3.8, 4) is 5.75 Å². The average Bonchev–Trinajstić information content (AvgIpc) is 3.04. The highest BCUT2D eigenvalue weighted by molar-refractivity contribution is 8.14. The molecule has 0 spiro atoms. The third-order valence-corrected chi connectivity index (χ3v) is 4.90. The molecule has 0 N–H and O–H groups in total. The molecule has 0 aliphatic carbocycles. The number of benzene rings is 2. The van der Waals surface area contributed by atoms with Crippen molar-refractivity contribution in [1.29, 1.82) is 0 Å². The molecule has 2 aromatic carbocycles. The second-order valence-corrected chi connectivity index (χ2v) is 6.46. The molecule has 0 aromatic heterocycles. The predicted octanol–water partition coefficient (Wildman–Crippen LogP) is 4.11. The van der Waals surface area contributed by atoms with Gasteiger partial charge in [0.15, 0.2) is 11.8 Å². The lowest BCUT2D eigenvalue weighted by Crippen LogP contribution is -2.41. The highest BCUT2D eigenvalue weighted by Crippen LogP contribution is 2.29. The number of hydrogen-bond acceptors (Lipinski definition) is 4. The molecule has 0 bridgehead atoms. The Balaban J connectivity index is 1.74. The van der Waals surface area contributed by atoms with E-state index in [2.05, 4.69) is 11.9 Å². The van der Waals surface area contributed by atoms with Crippen molar-refractivity contribution in [2.24, 2.45) is 4.99 Å². The molecule has 2 aromatic rings. The summed E-state index contributed by atoms with van der Waals surface area (Å²) >= 11 is 1.63. The van der Waals surface area contributed by atoms with Gasteiger partial charge >= 0.3 is 0 Å². The van der Waals surface area contributed by atoms with E-state index in [4.69, 9.17) is 4.74 Å². The van der Waals surface area contributed by atoms with Gasteiger partial charge in [-0.2, -0.15) is 0 Å². The van der Waals surface area contributed by atoms with Crippen molar-refractivity contribution in [2.45, 2.75) is 19.4 Å². The first-order chi connectivity index (χ1) is 11.8. The molecule has 0 unspecified atom stereocenters. The van der Waals surface area contributed by atoms with Crippen molar-refractivity contribution in [1.82, 2.24) is 4.90 Å². The monoisotopic (exact) mass is 340 g/mol. The number of ether oxygens (including phenoxy) is 1. The third-order valence-electron chi connectivity index (χ3n) is 3.80. The molecule has 1 saturated heterocycles. The molecule has 1 heterocycles. The number of carbonyl (C=O) groups excluding carboxylic acids is 1. The van der Waals surface area contributed by atoms with E-state index in [0.717, 1.165) is 23.0 Å². The largest absolute Gasteiger partial charge is 0.484 e. The van der Waals surface area contributed by atoms with Crippen LogP contribution >= 0.6 is 11.8 Å². The van der Waals surface area contributed by atoms with Crippen molar-refractivity contribution in [3.05, 3.63) is 60.7 Å². The first kappa shape index (κ1) is 16.6. The van der Waals surface area contributed by atoms with E-state index in [1.807, 2.05) is 60.7 Å². The summed E-state index contributed by atoms with van der Waals surface area (Å²) in [6.45, 7) is 2.11. The molecule has 1 amide bonds. The molecule has 4 nitrogen and oxygen atoms in total. The quantitative estimate of drug-likeness (QED) is 0.823. The summed E-state index contributed by atoms with van der Waals surface area (Å²) < 4.78 is 5.62. The Kier molecular flexibility index (Phi) is 5.54. The Bertz CT molecular complexity index is 704. The molecule has 0 saturated carbocycles. The SMILES string of the molecule is CC[C@@H]1CSC(=Nc2ccccc2)N1C(=O)COc1ccccc1. The van der Waals surface area contributed by atoms with Crippen molar-refractivity contribution >= 4 is 28.5 Å². The topological polar surface area (TPSA) is 41.9 Å². The fourth-order valence-corrected chi connectivity index (χ4v) is 3.80. The minimum atomic E-state index is -0.0506. The molecule has 3 rings (SSSR count). The molecule has 1 atom stereocenters. The van der Waals surface area contributed by atoms with E-state index < -0.39 is 0 Å². The van der Waals surface area contributed by atoms with Crippen molar-refractivity contribution < 1.29 is 9.53 Å². The molecule has 24 heavy (non-hydrogen) atoms. The van der Waals surface area contributed by atoms with Gasteiger partial charge in [-0.05, 0) is 30.7 Å². The molecule has 124 valence electrons. The first-order valence-electron chi connectivity index (χ1n) is 8.04. The molecule has 1 fully saturated rings. The lowest BCUT2D eigenvalue weighted by molar-refractivity contribution is -0.130. The van der Waals surface area contributed by atoms with Gasteiger partial charge in [0.2, 0.25) is 0 Å². The van der Waals surface area contributed by atoms with Gasteiger partial charge in [0.1, 0.15) is 5.75 Å². The van der Waals surface area contributed by atoms with Crippen LogP contribution in [0.5, 0.6) is 5.75 Å². The van der Waals surface area contributed by atoms with E-state index in [1.165, 1.54) is 0 Å². The van der Waals surface area contributed by atoms with Crippen LogP contribution in [0.1, 0.15) is 13.3 Å². The van der Waals surface area contributed by atoms with Crippen LogP contribution in [-0.4, -0.2) is 34.4 Å². The standard InChI is InChI=1S/C19H20N2O2S/c1-2-16-14-24-19(20-15-9-5-3-6-10-15)21(16)18(22)13-23-17-11-7-4-8-12-17/h3-12,16H,2,13-14H2,1H3/t16-/m1/s1. The summed E-state index contributed by atoms with van der Waals surface area (Å²) in [5.41, 5.74) is 0.860. The fourth-order valence-electron chi connectivity index (χ4n) is 2.51. The molecule has 0 radical (unpaired) electrons. The first-order valence-corrected chi connectivity index (χ1v) is 9.03. The molecule has 5 heteroatoms. The Morgan fingerprint density at radius 2 is 1.83 bits per heavy atom. The zero-order valence-electron chi connectivity index (χ0n) is 13.6. The highest BCUT2D eigenvalue weighted by atomic mass is 32.2. The van der Waals surface area contributed by atoms with Gasteiger partial charge < -0.3 is 4.74 Å². The van der Waals surface area contributed by atoms with Crippen molar-refractivity contribution in [3.63, 3.8) is 0 Å². The highest BCUT2D eigenvalue weighted by Gasteiger charge is 2.34. The van der Waals surface area contributed by atoms with Crippen LogP contribution < -0.4 is 4.74 Å². The van der Waals surface area contributed by atoms with Crippen LogP contribution in [0.4, 0.5) is 5.69 Å². The van der Waals surface area contributed by atoms with E-state index in [0.29, 0.717) is 5.75 Å². The van der Waals surface area contributed by atoms with Gasteiger partial charge in [-0.1, -0.05) is 55.1 Å². The molecular formula is C19H20N2O2S. The Hall–Kier alpha value is -2.27.